The molecule has 9 heteroatoms. The minimum atomic E-state index is -0.425. The molecule has 0 unspecified atom stereocenters. The van der Waals surface area contributed by atoms with Crippen LogP contribution < -0.4 is 20.5 Å². The number of aromatic nitrogens is 2. The average Bonchev–Trinajstić information content (AvgIpc) is 2.83. The van der Waals surface area contributed by atoms with Gasteiger partial charge in [-0.25, -0.2) is 9.98 Å². The van der Waals surface area contributed by atoms with Crippen LogP contribution in [0.25, 0.3) is 11.0 Å². The lowest BCUT2D eigenvalue weighted by Crippen LogP contribution is -2.31. The molecule has 0 saturated heterocycles. The summed E-state index contributed by atoms with van der Waals surface area (Å²) in [6.45, 7) is 1.23. The molecule has 1 atom stereocenters. The lowest BCUT2D eigenvalue weighted by molar-refractivity contribution is 0.297. The number of nitrogens with zero attached hydrogens (tertiary/aromatic N) is 3. The predicted octanol–water partition coefficient (Wildman–Crippen LogP) is 3.79. The standard InChI is InChI=1S/C18H15Cl2N5O2/c19-10-3-2-9(6-11(10)20)16-23-17(21)24-18-22-12-7-14-15(8-13(12)25(16)18)27-5-1-4-26-14/h2-3,6-8,16H,1,4-5H2,(H3,21,22,23,24)/t16-/m1/s1. The number of fused-ring (bicyclic) bond motifs is 4. The number of rotatable bonds is 1. The second-order valence-electron chi connectivity index (χ2n) is 6.33. The van der Waals surface area contributed by atoms with Crippen LogP contribution in [0.3, 0.4) is 0 Å². The number of imidazole rings is 1. The summed E-state index contributed by atoms with van der Waals surface area (Å²) in [6.07, 6.45) is 0.414. The first-order valence-corrected chi connectivity index (χ1v) is 9.22. The van der Waals surface area contributed by atoms with Crippen molar-refractivity contribution in [1.82, 2.24) is 9.55 Å². The summed E-state index contributed by atoms with van der Waals surface area (Å²) in [5, 5.41) is 3.96. The van der Waals surface area contributed by atoms with E-state index in [4.69, 9.17) is 38.4 Å². The highest BCUT2D eigenvalue weighted by atomic mass is 35.5. The van der Waals surface area contributed by atoms with E-state index in [1.165, 1.54) is 0 Å². The molecule has 0 bridgehead atoms. The molecule has 5 rings (SSSR count). The molecule has 0 spiro atoms. The molecule has 0 fully saturated rings. The number of anilines is 1. The van der Waals surface area contributed by atoms with Crippen molar-refractivity contribution < 1.29 is 9.47 Å². The Morgan fingerprint density at radius 1 is 1.07 bits per heavy atom. The number of benzene rings is 2. The monoisotopic (exact) mass is 403 g/mol. The summed E-state index contributed by atoms with van der Waals surface area (Å²) >= 11 is 12.3. The Kier molecular flexibility index (Phi) is 3.80. The number of guanidine groups is 1. The molecular weight excluding hydrogens is 389 g/mol. The first-order chi connectivity index (χ1) is 13.1. The molecule has 3 N–H and O–H groups in total. The number of hydrogen-bond donors (Lipinski definition) is 2. The van der Waals surface area contributed by atoms with Crippen LogP contribution >= 0.6 is 23.2 Å². The quantitative estimate of drug-likeness (QED) is 0.645. The van der Waals surface area contributed by atoms with Gasteiger partial charge in [0, 0.05) is 18.6 Å². The van der Waals surface area contributed by atoms with Gasteiger partial charge in [0.15, 0.2) is 23.6 Å². The summed E-state index contributed by atoms with van der Waals surface area (Å²) in [4.78, 5) is 9.20. The van der Waals surface area contributed by atoms with Gasteiger partial charge in [-0.2, -0.15) is 0 Å². The maximum atomic E-state index is 6.21. The van der Waals surface area contributed by atoms with Crippen LogP contribution in [0, 0.1) is 0 Å². The Morgan fingerprint density at radius 2 is 1.85 bits per heavy atom. The lowest BCUT2D eigenvalue weighted by Gasteiger charge is -2.24. The minimum absolute atomic E-state index is 0.281. The van der Waals surface area contributed by atoms with Gasteiger partial charge in [0.1, 0.15) is 0 Å². The van der Waals surface area contributed by atoms with Gasteiger partial charge >= 0.3 is 0 Å². The first kappa shape index (κ1) is 16.5. The van der Waals surface area contributed by atoms with Crippen molar-refractivity contribution in [3.8, 4) is 11.5 Å². The highest BCUT2D eigenvalue weighted by molar-refractivity contribution is 6.42. The maximum absolute atomic E-state index is 6.21. The molecule has 3 heterocycles. The molecule has 2 aromatic carbocycles. The van der Waals surface area contributed by atoms with Crippen molar-refractivity contribution in [3.63, 3.8) is 0 Å². The molecular formula is C18H15Cl2N5O2. The van der Waals surface area contributed by atoms with Crippen LogP contribution in [0.4, 0.5) is 5.95 Å². The first-order valence-electron chi connectivity index (χ1n) is 8.47. The molecule has 2 aliphatic heterocycles. The molecule has 7 nitrogen and oxygen atoms in total. The zero-order chi connectivity index (χ0) is 18.5. The van der Waals surface area contributed by atoms with E-state index in [-0.39, 0.29) is 5.96 Å². The number of hydrogen-bond acceptors (Lipinski definition) is 6. The van der Waals surface area contributed by atoms with Crippen LogP contribution in [-0.2, 0) is 0 Å². The molecule has 0 aliphatic carbocycles. The smallest absolute Gasteiger partial charge is 0.212 e. The number of ether oxygens (including phenoxy) is 2. The van der Waals surface area contributed by atoms with Crippen molar-refractivity contribution in [2.75, 3.05) is 18.5 Å². The molecule has 1 aromatic heterocycles. The third-order valence-corrected chi connectivity index (χ3v) is 5.29. The van der Waals surface area contributed by atoms with E-state index >= 15 is 0 Å². The van der Waals surface area contributed by atoms with Crippen molar-refractivity contribution in [1.29, 1.82) is 0 Å². The van der Waals surface area contributed by atoms with E-state index in [0.29, 0.717) is 40.7 Å². The van der Waals surface area contributed by atoms with E-state index in [1.807, 2.05) is 22.8 Å². The zero-order valence-corrected chi connectivity index (χ0v) is 15.6. The summed E-state index contributed by atoms with van der Waals surface area (Å²) in [5.74, 6) is 2.25. The van der Waals surface area contributed by atoms with Crippen LogP contribution in [0.5, 0.6) is 11.5 Å². The summed E-state index contributed by atoms with van der Waals surface area (Å²) in [5.41, 5.74) is 8.45. The Bertz CT molecular complexity index is 1100. The van der Waals surface area contributed by atoms with Crippen molar-refractivity contribution in [2.24, 2.45) is 10.7 Å². The molecule has 138 valence electrons. The molecule has 0 amide bonds. The van der Waals surface area contributed by atoms with Crippen LogP contribution in [0.15, 0.2) is 35.3 Å². The second kappa shape index (κ2) is 6.21. The normalized spacial score (nSPS) is 18.4. The Labute approximate surface area is 164 Å². The van der Waals surface area contributed by atoms with Gasteiger partial charge in [0.2, 0.25) is 5.95 Å². The van der Waals surface area contributed by atoms with Crippen molar-refractivity contribution in [2.45, 2.75) is 12.6 Å². The lowest BCUT2D eigenvalue weighted by atomic mass is 10.1. The van der Waals surface area contributed by atoms with Crippen LogP contribution in [0.2, 0.25) is 10.0 Å². The van der Waals surface area contributed by atoms with Gasteiger partial charge in [-0.3, -0.25) is 9.88 Å². The highest BCUT2D eigenvalue weighted by Crippen LogP contribution is 2.39. The third kappa shape index (κ3) is 2.74. The third-order valence-electron chi connectivity index (χ3n) is 4.55. The predicted molar refractivity (Wildman–Crippen MR) is 105 cm³/mol. The largest absolute Gasteiger partial charge is 0.489 e. The van der Waals surface area contributed by atoms with E-state index in [9.17, 15) is 0 Å². The zero-order valence-electron chi connectivity index (χ0n) is 14.1. The van der Waals surface area contributed by atoms with E-state index in [0.717, 1.165) is 23.0 Å². The van der Waals surface area contributed by atoms with Crippen LogP contribution in [0.1, 0.15) is 18.2 Å². The SMILES string of the molecule is NC1=N[C@@H](c2ccc(Cl)c(Cl)c2)n2c(nc3cc4c(cc32)OCCCO4)N1. The fourth-order valence-corrected chi connectivity index (χ4v) is 3.63. The number of halogens is 2. The number of nitrogens with one attached hydrogen (secondary N) is 1. The molecule has 0 saturated carbocycles. The van der Waals surface area contributed by atoms with Gasteiger partial charge in [0.25, 0.3) is 0 Å². The maximum Gasteiger partial charge on any atom is 0.212 e. The van der Waals surface area contributed by atoms with Crippen LogP contribution in [-0.4, -0.2) is 28.7 Å². The summed E-state index contributed by atoms with van der Waals surface area (Å²) in [6, 6.07) is 9.21. The fourth-order valence-electron chi connectivity index (χ4n) is 3.32. The van der Waals surface area contributed by atoms with E-state index in [2.05, 4.69) is 15.3 Å². The number of nitrogens with two attached hydrogens (primary N) is 1. The molecule has 2 aliphatic rings. The highest BCUT2D eigenvalue weighted by Gasteiger charge is 2.27. The van der Waals surface area contributed by atoms with Crippen molar-refractivity contribution >= 4 is 46.1 Å². The van der Waals surface area contributed by atoms with E-state index < -0.39 is 6.17 Å². The molecule has 3 aromatic rings. The Morgan fingerprint density at radius 3 is 2.63 bits per heavy atom. The second-order valence-corrected chi connectivity index (χ2v) is 7.14. The topological polar surface area (TPSA) is 86.7 Å². The molecule has 27 heavy (non-hydrogen) atoms. The molecule has 0 radical (unpaired) electrons. The fraction of sp³-hybridized carbons (Fsp3) is 0.222. The summed E-state index contributed by atoms with van der Waals surface area (Å²) < 4.78 is 13.6. The van der Waals surface area contributed by atoms with E-state index in [1.54, 1.807) is 12.1 Å². The van der Waals surface area contributed by atoms with Gasteiger partial charge in [-0.05, 0) is 17.7 Å². The van der Waals surface area contributed by atoms with Gasteiger partial charge in [-0.15, -0.1) is 0 Å². The average molecular weight is 404 g/mol. The van der Waals surface area contributed by atoms with Gasteiger partial charge < -0.3 is 15.2 Å². The van der Waals surface area contributed by atoms with Gasteiger partial charge in [-0.1, -0.05) is 29.3 Å². The van der Waals surface area contributed by atoms with Gasteiger partial charge in [0.05, 0.1) is 34.3 Å². The Balaban J connectivity index is 1.71. The Hall–Kier alpha value is -2.64. The number of aliphatic imine (C=N–C) groups is 1. The van der Waals surface area contributed by atoms with Crippen molar-refractivity contribution in [3.05, 3.63) is 45.9 Å². The summed E-state index contributed by atoms with van der Waals surface area (Å²) in [7, 11) is 0. The minimum Gasteiger partial charge on any atom is -0.489 e.